The van der Waals surface area contributed by atoms with Crippen LogP contribution in [-0.4, -0.2) is 47.5 Å². The van der Waals surface area contributed by atoms with Gasteiger partial charge in [0.2, 0.25) is 5.91 Å². The molecule has 0 bridgehead atoms. The number of ether oxygens (including phenoxy) is 1. The summed E-state index contributed by atoms with van der Waals surface area (Å²) < 4.78 is 4.77. The number of amides is 2. The van der Waals surface area contributed by atoms with E-state index in [0.29, 0.717) is 11.3 Å². The van der Waals surface area contributed by atoms with Crippen LogP contribution in [0.4, 0.5) is 5.69 Å². The summed E-state index contributed by atoms with van der Waals surface area (Å²) in [6, 6.07) is 7.04. The van der Waals surface area contributed by atoms with Crippen molar-refractivity contribution in [3.05, 3.63) is 29.8 Å². The van der Waals surface area contributed by atoms with E-state index in [-0.39, 0.29) is 36.4 Å². The van der Waals surface area contributed by atoms with Gasteiger partial charge in [-0.15, -0.1) is 0 Å². The van der Waals surface area contributed by atoms with Crippen LogP contribution in [-0.2, 0) is 14.3 Å². The standard InChI is InChI=1S/C18H23N3O4S/c1-2-25-16(23)10-9-15(22)20-18(26)19-14-8-4-3-7-13(14)17(24)21-11-5-6-12-21/h3-4,7-8H,2,5-6,9-12H2,1H3,(H2,19,20,22,26). The number of para-hydroxylation sites is 1. The number of carbonyl (C=O) groups excluding carboxylic acids is 3. The maximum Gasteiger partial charge on any atom is 0.306 e. The quantitative estimate of drug-likeness (QED) is 0.583. The summed E-state index contributed by atoms with van der Waals surface area (Å²) in [5.74, 6) is -0.871. The van der Waals surface area contributed by atoms with Gasteiger partial charge in [-0.25, -0.2) is 0 Å². The Balaban J connectivity index is 1.91. The fourth-order valence-corrected chi connectivity index (χ4v) is 2.88. The topological polar surface area (TPSA) is 87.7 Å². The summed E-state index contributed by atoms with van der Waals surface area (Å²) in [5, 5.41) is 5.49. The van der Waals surface area contributed by atoms with Gasteiger partial charge in [0, 0.05) is 19.5 Å². The Morgan fingerprint density at radius 1 is 1.15 bits per heavy atom. The molecule has 1 fully saturated rings. The summed E-state index contributed by atoms with van der Waals surface area (Å²) in [4.78, 5) is 37.6. The summed E-state index contributed by atoms with van der Waals surface area (Å²) in [5.41, 5.74) is 1.05. The Morgan fingerprint density at radius 2 is 1.85 bits per heavy atom. The zero-order chi connectivity index (χ0) is 18.9. The van der Waals surface area contributed by atoms with Gasteiger partial charge in [0.25, 0.3) is 5.91 Å². The third-order valence-corrected chi connectivity index (χ3v) is 4.12. The van der Waals surface area contributed by atoms with E-state index in [1.165, 1.54) is 0 Å². The number of likely N-dealkylation sites (tertiary alicyclic amines) is 1. The highest BCUT2D eigenvalue weighted by atomic mass is 32.1. The summed E-state index contributed by atoms with van der Waals surface area (Å²) in [7, 11) is 0. The molecule has 7 nitrogen and oxygen atoms in total. The van der Waals surface area contributed by atoms with E-state index in [9.17, 15) is 14.4 Å². The first-order valence-electron chi connectivity index (χ1n) is 8.66. The second-order valence-electron chi connectivity index (χ2n) is 5.85. The first kappa shape index (κ1) is 19.8. The van der Waals surface area contributed by atoms with Crippen LogP contribution in [0.3, 0.4) is 0 Å². The maximum atomic E-state index is 12.6. The van der Waals surface area contributed by atoms with Crippen molar-refractivity contribution in [3.63, 3.8) is 0 Å². The van der Waals surface area contributed by atoms with Crippen molar-refractivity contribution in [2.24, 2.45) is 0 Å². The maximum absolute atomic E-state index is 12.6. The highest BCUT2D eigenvalue weighted by molar-refractivity contribution is 7.80. The Hall–Kier alpha value is -2.48. The molecular weight excluding hydrogens is 354 g/mol. The summed E-state index contributed by atoms with van der Waals surface area (Å²) in [6.45, 7) is 3.49. The van der Waals surface area contributed by atoms with Gasteiger partial charge in [0.15, 0.2) is 5.11 Å². The van der Waals surface area contributed by atoms with Gasteiger partial charge in [-0.1, -0.05) is 12.1 Å². The number of thiocarbonyl (C=S) groups is 1. The minimum atomic E-state index is -0.428. The number of esters is 1. The number of nitrogens with zero attached hydrogens (tertiary/aromatic N) is 1. The molecule has 0 unspecified atom stereocenters. The predicted octanol–water partition coefficient (Wildman–Crippen LogP) is 2.08. The second-order valence-corrected chi connectivity index (χ2v) is 6.26. The molecule has 1 saturated heterocycles. The lowest BCUT2D eigenvalue weighted by atomic mass is 10.1. The van der Waals surface area contributed by atoms with Crippen molar-refractivity contribution in [2.45, 2.75) is 32.6 Å². The zero-order valence-electron chi connectivity index (χ0n) is 14.7. The van der Waals surface area contributed by atoms with Crippen LogP contribution < -0.4 is 10.6 Å². The van der Waals surface area contributed by atoms with Crippen molar-refractivity contribution < 1.29 is 19.1 Å². The van der Waals surface area contributed by atoms with Gasteiger partial charge in [0.1, 0.15) is 0 Å². The van der Waals surface area contributed by atoms with Crippen LogP contribution in [0.1, 0.15) is 43.0 Å². The Bertz CT molecular complexity index is 687. The fourth-order valence-electron chi connectivity index (χ4n) is 2.66. The molecule has 1 heterocycles. The van der Waals surface area contributed by atoms with E-state index in [2.05, 4.69) is 10.6 Å². The first-order valence-corrected chi connectivity index (χ1v) is 9.07. The average molecular weight is 377 g/mol. The number of hydrogen-bond acceptors (Lipinski definition) is 5. The lowest BCUT2D eigenvalue weighted by Gasteiger charge is -2.18. The molecule has 0 spiro atoms. The van der Waals surface area contributed by atoms with E-state index >= 15 is 0 Å². The second kappa shape index (κ2) is 9.86. The normalized spacial score (nSPS) is 13.2. The highest BCUT2D eigenvalue weighted by Gasteiger charge is 2.22. The lowest BCUT2D eigenvalue weighted by molar-refractivity contribution is -0.144. The van der Waals surface area contributed by atoms with Crippen LogP contribution in [0.5, 0.6) is 0 Å². The van der Waals surface area contributed by atoms with Gasteiger partial charge >= 0.3 is 5.97 Å². The third kappa shape index (κ3) is 5.80. The number of benzene rings is 1. The highest BCUT2D eigenvalue weighted by Crippen LogP contribution is 2.20. The first-order chi connectivity index (χ1) is 12.5. The SMILES string of the molecule is CCOC(=O)CCC(=O)NC(=S)Nc1ccccc1C(=O)N1CCCC1. The molecule has 1 aliphatic rings. The molecule has 0 aromatic heterocycles. The minimum absolute atomic E-state index is 0.00762. The Labute approximate surface area is 158 Å². The molecule has 0 radical (unpaired) electrons. The number of rotatable bonds is 6. The van der Waals surface area contributed by atoms with Crippen LogP contribution >= 0.6 is 12.2 Å². The molecule has 0 aliphatic carbocycles. The molecule has 26 heavy (non-hydrogen) atoms. The third-order valence-electron chi connectivity index (χ3n) is 3.91. The molecule has 2 amide bonds. The zero-order valence-corrected chi connectivity index (χ0v) is 15.6. The van der Waals surface area contributed by atoms with Crippen molar-refractivity contribution in [1.82, 2.24) is 10.2 Å². The van der Waals surface area contributed by atoms with Crippen LogP contribution in [0.25, 0.3) is 0 Å². The van der Waals surface area contributed by atoms with E-state index in [0.717, 1.165) is 25.9 Å². The molecule has 0 atom stereocenters. The molecule has 1 aromatic carbocycles. The van der Waals surface area contributed by atoms with Crippen molar-refractivity contribution in [3.8, 4) is 0 Å². The van der Waals surface area contributed by atoms with Crippen LogP contribution in [0.2, 0.25) is 0 Å². The van der Waals surface area contributed by atoms with Gasteiger partial charge in [-0.05, 0) is 44.1 Å². The van der Waals surface area contributed by atoms with Crippen molar-refractivity contribution >= 4 is 40.8 Å². The molecule has 0 saturated carbocycles. The van der Waals surface area contributed by atoms with Crippen LogP contribution in [0.15, 0.2) is 24.3 Å². The summed E-state index contributed by atoms with van der Waals surface area (Å²) >= 11 is 5.14. The molecule has 2 rings (SSSR count). The predicted molar refractivity (Wildman–Crippen MR) is 102 cm³/mol. The molecule has 2 N–H and O–H groups in total. The monoisotopic (exact) mass is 377 g/mol. The molecule has 8 heteroatoms. The van der Waals surface area contributed by atoms with Crippen molar-refractivity contribution in [1.29, 1.82) is 0 Å². The van der Waals surface area contributed by atoms with Crippen molar-refractivity contribution in [2.75, 3.05) is 25.0 Å². The lowest BCUT2D eigenvalue weighted by Crippen LogP contribution is -2.35. The smallest absolute Gasteiger partial charge is 0.306 e. The van der Waals surface area contributed by atoms with E-state index in [1.54, 1.807) is 31.2 Å². The summed E-state index contributed by atoms with van der Waals surface area (Å²) in [6.07, 6.45) is 1.99. The van der Waals surface area contributed by atoms with Crippen LogP contribution in [0, 0.1) is 0 Å². The molecule has 1 aliphatic heterocycles. The van der Waals surface area contributed by atoms with E-state index in [4.69, 9.17) is 17.0 Å². The number of carbonyl (C=O) groups is 3. The minimum Gasteiger partial charge on any atom is -0.466 e. The van der Waals surface area contributed by atoms with Gasteiger partial charge in [-0.3, -0.25) is 14.4 Å². The number of nitrogens with one attached hydrogen (secondary N) is 2. The van der Waals surface area contributed by atoms with Gasteiger partial charge in [-0.2, -0.15) is 0 Å². The van der Waals surface area contributed by atoms with E-state index < -0.39 is 5.97 Å². The molecule has 1 aromatic rings. The molecule has 140 valence electrons. The Morgan fingerprint density at radius 3 is 2.54 bits per heavy atom. The number of anilines is 1. The fraction of sp³-hybridized carbons (Fsp3) is 0.444. The largest absolute Gasteiger partial charge is 0.466 e. The van der Waals surface area contributed by atoms with Gasteiger partial charge in [0.05, 0.1) is 24.3 Å². The van der Waals surface area contributed by atoms with E-state index in [1.807, 2.05) is 4.90 Å². The number of hydrogen-bond donors (Lipinski definition) is 2. The molecular formula is C18H23N3O4S. The average Bonchev–Trinajstić information content (AvgIpc) is 3.14. The Kier molecular flexibility index (Phi) is 7.53. The van der Waals surface area contributed by atoms with Gasteiger partial charge < -0.3 is 20.3 Å².